The number of rotatable bonds is 5. The Labute approximate surface area is 74.0 Å². The molecule has 0 aromatic rings. The smallest absolute Gasteiger partial charge is 0.270 e. The van der Waals surface area contributed by atoms with Crippen molar-refractivity contribution in [3.8, 4) is 0 Å². The van der Waals surface area contributed by atoms with Crippen LogP contribution < -0.4 is 5.73 Å². The molecule has 0 saturated carbocycles. The zero-order valence-corrected chi connectivity index (χ0v) is 6.66. The molecular weight excluding hydrogens is 182 g/mol. The molecular formula is C6H12NO6. The summed E-state index contributed by atoms with van der Waals surface area (Å²) in [6.45, 7) is -0.822. The number of aliphatic hydroxyl groups excluding tert-OH is 5. The molecule has 4 atom stereocenters. The summed E-state index contributed by atoms with van der Waals surface area (Å²) in [7, 11) is 0. The zero-order chi connectivity index (χ0) is 10.6. The van der Waals surface area contributed by atoms with E-state index >= 15 is 0 Å². The third-order valence-corrected chi connectivity index (χ3v) is 1.52. The van der Waals surface area contributed by atoms with Crippen molar-refractivity contribution in [3.05, 3.63) is 0 Å². The molecule has 0 unspecified atom stereocenters. The topological polar surface area (TPSA) is 142 Å². The molecule has 0 aromatic heterocycles. The van der Waals surface area contributed by atoms with E-state index in [2.05, 4.69) is 0 Å². The van der Waals surface area contributed by atoms with Gasteiger partial charge in [0.25, 0.3) is 5.91 Å². The van der Waals surface area contributed by atoms with Gasteiger partial charge < -0.3 is 25.5 Å². The van der Waals surface area contributed by atoms with Crippen LogP contribution in [0.2, 0.25) is 0 Å². The second-order valence-corrected chi connectivity index (χ2v) is 2.54. The van der Waals surface area contributed by atoms with E-state index in [1.807, 2.05) is 0 Å². The fourth-order valence-corrected chi connectivity index (χ4v) is 0.677. The molecule has 0 fully saturated rings. The second kappa shape index (κ2) is 5.10. The summed E-state index contributed by atoms with van der Waals surface area (Å²) in [5.74, 6) is -1.48. The summed E-state index contributed by atoms with van der Waals surface area (Å²) < 4.78 is 0. The maximum atomic E-state index is 10.2. The van der Waals surface area contributed by atoms with Crippen molar-refractivity contribution in [2.75, 3.05) is 6.61 Å². The molecule has 0 spiro atoms. The maximum Gasteiger partial charge on any atom is 0.270 e. The Morgan fingerprint density at radius 1 is 1.15 bits per heavy atom. The molecule has 0 aromatic carbocycles. The van der Waals surface area contributed by atoms with Crippen LogP contribution in [-0.2, 0) is 4.79 Å². The molecule has 0 heterocycles. The zero-order valence-electron chi connectivity index (χ0n) is 6.66. The fraction of sp³-hybridized carbons (Fsp3) is 0.833. The second-order valence-electron chi connectivity index (χ2n) is 2.54. The Kier molecular flexibility index (Phi) is 4.81. The minimum absolute atomic E-state index is 0.822. The standard InChI is InChI=1S/C6H12NO6/c7-6(13)5(12)4(11)3(10)2(9)1-8/h2-5,7-12H,1H2/t2-,3-,4+,5+/m1/s1. The number of hydrogen-bond donors (Lipinski definition) is 5. The normalized spacial score (nSPS) is 20.4. The third-order valence-electron chi connectivity index (χ3n) is 1.52. The van der Waals surface area contributed by atoms with Gasteiger partial charge in [0.05, 0.1) is 6.61 Å². The van der Waals surface area contributed by atoms with Gasteiger partial charge in [0.15, 0.2) is 6.10 Å². The minimum Gasteiger partial charge on any atom is -0.394 e. The Morgan fingerprint density at radius 3 is 1.92 bits per heavy atom. The van der Waals surface area contributed by atoms with Gasteiger partial charge in [-0.2, -0.15) is 0 Å². The van der Waals surface area contributed by atoms with Crippen LogP contribution in [0.3, 0.4) is 0 Å². The quantitative estimate of drug-likeness (QED) is 0.304. The average Bonchev–Trinajstić information content (AvgIpc) is 2.12. The Morgan fingerprint density at radius 2 is 1.62 bits per heavy atom. The molecule has 0 saturated heterocycles. The first kappa shape index (κ1) is 12.3. The number of carbonyl (C=O) groups excluding carboxylic acids is 1. The van der Waals surface area contributed by atoms with E-state index in [0.29, 0.717) is 0 Å². The molecule has 77 valence electrons. The molecule has 0 rings (SSSR count). The Balaban J connectivity index is 4.24. The number of amides is 1. The highest BCUT2D eigenvalue weighted by Crippen LogP contribution is 2.04. The van der Waals surface area contributed by atoms with Crippen LogP contribution in [0.5, 0.6) is 0 Å². The first-order chi connectivity index (χ1) is 5.91. The third kappa shape index (κ3) is 3.25. The van der Waals surface area contributed by atoms with E-state index in [-0.39, 0.29) is 0 Å². The van der Waals surface area contributed by atoms with Gasteiger partial charge in [0.2, 0.25) is 0 Å². The van der Waals surface area contributed by atoms with Gasteiger partial charge in [0.1, 0.15) is 18.3 Å². The van der Waals surface area contributed by atoms with Gasteiger partial charge in [-0.1, -0.05) is 0 Å². The maximum absolute atomic E-state index is 10.2. The van der Waals surface area contributed by atoms with E-state index in [1.54, 1.807) is 0 Å². The first-order valence-corrected chi connectivity index (χ1v) is 3.50. The van der Waals surface area contributed by atoms with Crippen molar-refractivity contribution in [2.45, 2.75) is 24.4 Å². The summed E-state index contributed by atoms with van der Waals surface area (Å²) in [6, 6.07) is 0. The van der Waals surface area contributed by atoms with Crippen molar-refractivity contribution in [3.63, 3.8) is 0 Å². The highest BCUT2D eigenvalue weighted by atomic mass is 16.4. The van der Waals surface area contributed by atoms with Crippen molar-refractivity contribution < 1.29 is 30.3 Å². The lowest BCUT2D eigenvalue weighted by Gasteiger charge is -2.23. The van der Waals surface area contributed by atoms with E-state index < -0.39 is 36.9 Å². The highest BCUT2D eigenvalue weighted by molar-refractivity contribution is 5.78. The van der Waals surface area contributed by atoms with Gasteiger partial charge in [-0.05, 0) is 0 Å². The van der Waals surface area contributed by atoms with Gasteiger partial charge in [-0.25, -0.2) is 0 Å². The number of nitrogens with one attached hydrogen (secondary N) is 1. The molecule has 13 heavy (non-hydrogen) atoms. The van der Waals surface area contributed by atoms with E-state index in [0.717, 1.165) is 0 Å². The molecule has 7 heteroatoms. The van der Waals surface area contributed by atoms with Gasteiger partial charge in [-0.3, -0.25) is 10.5 Å². The van der Waals surface area contributed by atoms with Crippen LogP contribution in [0.4, 0.5) is 0 Å². The lowest BCUT2D eigenvalue weighted by molar-refractivity contribution is -0.146. The largest absolute Gasteiger partial charge is 0.394 e. The number of aliphatic hydroxyl groups is 5. The van der Waals surface area contributed by atoms with Gasteiger partial charge in [-0.15, -0.1) is 0 Å². The summed E-state index contributed by atoms with van der Waals surface area (Å²) in [5, 5.41) is 43.8. The molecule has 6 N–H and O–H groups in total. The van der Waals surface area contributed by atoms with Crippen LogP contribution >= 0.6 is 0 Å². The lowest BCUT2D eigenvalue weighted by Crippen LogP contribution is -2.48. The van der Waals surface area contributed by atoms with Gasteiger partial charge in [0, 0.05) is 0 Å². The van der Waals surface area contributed by atoms with E-state index in [4.69, 9.17) is 31.3 Å². The van der Waals surface area contributed by atoms with Gasteiger partial charge >= 0.3 is 0 Å². The molecule has 0 aliphatic rings. The fourth-order valence-electron chi connectivity index (χ4n) is 0.677. The molecule has 0 aliphatic heterocycles. The highest BCUT2D eigenvalue weighted by Gasteiger charge is 2.33. The minimum atomic E-state index is -2.09. The average molecular weight is 194 g/mol. The molecule has 7 nitrogen and oxygen atoms in total. The summed E-state index contributed by atoms with van der Waals surface area (Å²) in [6.07, 6.45) is -7.60. The predicted octanol–water partition coefficient (Wildman–Crippen LogP) is -3.77. The molecule has 0 bridgehead atoms. The Bertz CT molecular complexity index is 175. The SMILES string of the molecule is [NH]C(=O)[C@@H](O)[C@@H](O)[C@H](O)[C@H](O)CO. The first-order valence-electron chi connectivity index (χ1n) is 3.50. The van der Waals surface area contributed by atoms with E-state index in [1.165, 1.54) is 0 Å². The molecule has 0 aliphatic carbocycles. The van der Waals surface area contributed by atoms with Crippen LogP contribution in [0.1, 0.15) is 0 Å². The van der Waals surface area contributed by atoms with Crippen LogP contribution in [-0.4, -0.2) is 62.5 Å². The van der Waals surface area contributed by atoms with Crippen molar-refractivity contribution >= 4 is 5.91 Å². The molecule has 1 radical (unpaired) electrons. The number of carbonyl (C=O) groups is 1. The number of hydrogen-bond acceptors (Lipinski definition) is 6. The monoisotopic (exact) mass is 194 g/mol. The summed E-state index contributed by atoms with van der Waals surface area (Å²) >= 11 is 0. The Hall–Kier alpha value is -0.730. The van der Waals surface area contributed by atoms with Crippen molar-refractivity contribution in [1.29, 1.82) is 0 Å². The van der Waals surface area contributed by atoms with E-state index in [9.17, 15) is 4.79 Å². The van der Waals surface area contributed by atoms with Crippen LogP contribution in [0.25, 0.3) is 0 Å². The van der Waals surface area contributed by atoms with Crippen molar-refractivity contribution in [2.24, 2.45) is 0 Å². The van der Waals surface area contributed by atoms with Crippen LogP contribution in [0, 0.1) is 0 Å². The van der Waals surface area contributed by atoms with Crippen molar-refractivity contribution in [1.82, 2.24) is 5.73 Å². The predicted molar refractivity (Wildman–Crippen MR) is 39.2 cm³/mol. The lowest BCUT2D eigenvalue weighted by atomic mass is 10.0. The summed E-state index contributed by atoms with van der Waals surface area (Å²) in [5.41, 5.74) is 6.40. The van der Waals surface area contributed by atoms with Crippen LogP contribution in [0.15, 0.2) is 0 Å². The summed E-state index contributed by atoms with van der Waals surface area (Å²) in [4.78, 5) is 10.2. The molecule has 1 amide bonds.